The Labute approximate surface area is 192 Å². The first kappa shape index (κ1) is 24.0. The fraction of sp³-hybridized carbons (Fsp3) is 0.167. The van der Waals surface area contributed by atoms with Gasteiger partial charge in [-0.05, 0) is 54.6 Å². The van der Waals surface area contributed by atoms with Gasteiger partial charge in [0.1, 0.15) is 5.75 Å². The molecule has 0 aliphatic heterocycles. The normalized spacial score (nSPS) is 11.2. The van der Waals surface area contributed by atoms with Crippen LogP contribution in [0.3, 0.4) is 0 Å². The molecule has 0 aliphatic carbocycles. The second-order valence-electron chi connectivity index (χ2n) is 7.12. The van der Waals surface area contributed by atoms with E-state index in [0.29, 0.717) is 28.1 Å². The molecule has 0 bridgehead atoms. The van der Waals surface area contributed by atoms with Gasteiger partial charge in [-0.15, -0.1) is 0 Å². The van der Waals surface area contributed by atoms with E-state index in [-0.39, 0.29) is 11.4 Å². The first-order valence-corrected chi connectivity index (χ1v) is 11.4. The third-order valence-electron chi connectivity index (χ3n) is 4.95. The summed E-state index contributed by atoms with van der Waals surface area (Å²) in [7, 11) is 0.525. The molecular formula is C24H24N2O6S. The van der Waals surface area contributed by atoms with Crippen LogP contribution in [0.25, 0.3) is 0 Å². The molecule has 3 aromatic carbocycles. The van der Waals surface area contributed by atoms with Gasteiger partial charge in [-0.3, -0.25) is 4.79 Å². The summed E-state index contributed by atoms with van der Waals surface area (Å²) in [5.74, 6) is -0.398. The minimum atomic E-state index is -3.72. The van der Waals surface area contributed by atoms with Gasteiger partial charge in [0.25, 0.3) is 5.91 Å². The van der Waals surface area contributed by atoms with Crippen molar-refractivity contribution < 1.29 is 27.5 Å². The van der Waals surface area contributed by atoms with Crippen LogP contribution in [-0.2, 0) is 21.3 Å². The van der Waals surface area contributed by atoms with Crippen LogP contribution >= 0.6 is 0 Å². The second-order valence-corrected chi connectivity index (χ2v) is 9.17. The number of carbonyl (C=O) groups excluding carboxylic acids is 2. The molecule has 0 radical (unpaired) electrons. The number of nitrogens with one attached hydrogen (secondary N) is 1. The summed E-state index contributed by atoms with van der Waals surface area (Å²) in [5.41, 5.74) is 1.72. The summed E-state index contributed by atoms with van der Waals surface area (Å²) in [6.45, 7) is 0.00927. The van der Waals surface area contributed by atoms with E-state index in [1.165, 1.54) is 37.7 Å². The van der Waals surface area contributed by atoms with Gasteiger partial charge in [0.15, 0.2) is 0 Å². The molecule has 0 aliphatic rings. The van der Waals surface area contributed by atoms with Crippen molar-refractivity contribution in [1.29, 1.82) is 0 Å². The monoisotopic (exact) mass is 468 g/mol. The lowest BCUT2D eigenvalue weighted by atomic mass is 10.1. The molecule has 0 saturated heterocycles. The highest BCUT2D eigenvalue weighted by atomic mass is 32.2. The van der Waals surface area contributed by atoms with Crippen LogP contribution in [0.2, 0.25) is 0 Å². The minimum Gasteiger partial charge on any atom is -0.496 e. The summed E-state index contributed by atoms with van der Waals surface area (Å²) in [4.78, 5) is 24.5. The van der Waals surface area contributed by atoms with E-state index in [4.69, 9.17) is 4.74 Å². The van der Waals surface area contributed by atoms with Crippen molar-refractivity contribution in [3.63, 3.8) is 0 Å². The predicted octanol–water partition coefficient (Wildman–Crippen LogP) is 3.55. The molecule has 3 aromatic rings. The van der Waals surface area contributed by atoms with E-state index in [0.717, 1.165) is 0 Å². The molecule has 9 heteroatoms. The van der Waals surface area contributed by atoms with Crippen LogP contribution in [-0.4, -0.2) is 45.9 Å². The first-order valence-electron chi connectivity index (χ1n) is 9.94. The van der Waals surface area contributed by atoms with Gasteiger partial charge >= 0.3 is 5.97 Å². The van der Waals surface area contributed by atoms with Crippen molar-refractivity contribution in [2.75, 3.05) is 26.6 Å². The molecule has 3 rings (SSSR count). The molecule has 172 valence electrons. The number of benzene rings is 3. The van der Waals surface area contributed by atoms with Crippen LogP contribution < -0.4 is 10.1 Å². The van der Waals surface area contributed by atoms with E-state index in [1.807, 2.05) is 0 Å². The van der Waals surface area contributed by atoms with E-state index < -0.39 is 21.9 Å². The number of nitrogens with zero attached hydrogens (tertiary/aromatic N) is 1. The lowest BCUT2D eigenvalue weighted by Crippen LogP contribution is -2.27. The topological polar surface area (TPSA) is 102 Å². The van der Waals surface area contributed by atoms with Gasteiger partial charge in [-0.2, -0.15) is 4.31 Å². The smallest absolute Gasteiger partial charge is 0.337 e. The molecule has 0 heterocycles. The maximum absolute atomic E-state index is 12.9. The molecule has 0 unspecified atom stereocenters. The largest absolute Gasteiger partial charge is 0.496 e. The number of esters is 1. The SMILES string of the molecule is COC(=O)c1ccc(NC(=O)c2ccc(OC)c(CN(C)S(=O)(=O)c3ccccc3)c2)cc1. The van der Waals surface area contributed by atoms with E-state index in [1.54, 1.807) is 60.7 Å². The van der Waals surface area contributed by atoms with Crippen molar-refractivity contribution in [1.82, 2.24) is 4.31 Å². The maximum Gasteiger partial charge on any atom is 0.337 e. The Balaban J connectivity index is 1.80. The number of rotatable bonds is 8. The average molecular weight is 469 g/mol. The van der Waals surface area contributed by atoms with E-state index in [2.05, 4.69) is 10.1 Å². The molecule has 1 amide bonds. The summed E-state index contributed by atoms with van der Waals surface area (Å²) in [6, 6.07) is 19.2. The number of amides is 1. The molecule has 0 saturated carbocycles. The highest BCUT2D eigenvalue weighted by Crippen LogP contribution is 2.25. The molecule has 1 N–H and O–H groups in total. The van der Waals surface area contributed by atoms with E-state index in [9.17, 15) is 18.0 Å². The number of anilines is 1. The summed E-state index contributed by atoms with van der Waals surface area (Å²) >= 11 is 0. The molecule has 8 nitrogen and oxygen atoms in total. The molecule has 33 heavy (non-hydrogen) atoms. The van der Waals surface area contributed by atoms with Gasteiger partial charge in [-0.1, -0.05) is 18.2 Å². The van der Waals surface area contributed by atoms with Crippen molar-refractivity contribution in [3.05, 3.63) is 89.5 Å². The number of hydrogen-bond donors (Lipinski definition) is 1. The lowest BCUT2D eigenvalue weighted by Gasteiger charge is -2.19. The van der Waals surface area contributed by atoms with Gasteiger partial charge in [-0.25, -0.2) is 13.2 Å². The van der Waals surface area contributed by atoms with Crippen LogP contribution in [0.1, 0.15) is 26.3 Å². The van der Waals surface area contributed by atoms with Crippen LogP contribution in [0.15, 0.2) is 77.7 Å². The number of methoxy groups -OCH3 is 2. The van der Waals surface area contributed by atoms with Crippen molar-refractivity contribution in [2.24, 2.45) is 0 Å². The van der Waals surface area contributed by atoms with Gasteiger partial charge in [0.2, 0.25) is 10.0 Å². The zero-order chi connectivity index (χ0) is 24.0. The van der Waals surface area contributed by atoms with Gasteiger partial charge < -0.3 is 14.8 Å². The standard InChI is InChI=1S/C24H24N2O6S/c1-26(33(29,30)21-7-5-4-6-8-21)16-19-15-18(11-14-22(19)31-2)23(27)25-20-12-9-17(10-13-20)24(28)32-3/h4-15H,16H2,1-3H3,(H,25,27). The number of carbonyl (C=O) groups is 2. The zero-order valence-corrected chi connectivity index (χ0v) is 19.3. The van der Waals surface area contributed by atoms with Crippen molar-refractivity contribution in [2.45, 2.75) is 11.4 Å². The molecule has 0 spiro atoms. The quantitative estimate of drug-likeness (QED) is 0.507. The van der Waals surface area contributed by atoms with Crippen molar-refractivity contribution >= 4 is 27.6 Å². The lowest BCUT2D eigenvalue weighted by molar-refractivity contribution is 0.0600. The Morgan fingerprint density at radius 3 is 2.15 bits per heavy atom. The highest BCUT2D eigenvalue weighted by Gasteiger charge is 2.22. The molecular weight excluding hydrogens is 444 g/mol. The zero-order valence-electron chi connectivity index (χ0n) is 18.4. The first-order chi connectivity index (χ1) is 15.8. The number of ether oxygens (including phenoxy) is 2. The molecule has 0 fully saturated rings. The Kier molecular flexibility index (Phi) is 7.47. The highest BCUT2D eigenvalue weighted by molar-refractivity contribution is 7.89. The minimum absolute atomic E-state index is 0.00927. The summed E-state index contributed by atoms with van der Waals surface area (Å²) in [6.07, 6.45) is 0. The van der Waals surface area contributed by atoms with Gasteiger partial charge in [0.05, 0.1) is 24.7 Å². The van der Waals surface area contributed by atoms with Crippen LogP contribution in [0.4, 0.5) is 5.69 Å². The molecule has 0 atom stereocenters. The third-order valence-corrected chi connectivity index (χ3v) is 6.77. The Bertz CT molecular complexity index is 1240. The van der Waals surface area contributed by atoms with E-state index >= 15 is 0 Å². The van der Waals surface area contributed by atoms with Crippen LogP contribution in [0, 0.1) is 0 Å². The fourth-order valence-electron chi connectivity index (χ4n) is 3.15. The van der Waals surface area contributed by atoms with Gasteiger partial charge in [0, 0.05) is 30.4 Å². The second kappa shape index (κ2) is 10.3. The third kappa shape index (κ3) is 5.57. The Morgan fingerprint density at radius 2 is 1.55 bits per heavy atom. The van der Waals surface area contributed by atoms with Crippen molar-refractivity contribution in [3.8, 4) is 5.75 Å². The molecule has 0 aromatic heterocycles. The maximum atomic E-state index is 12.9. The van der Waals surface area contributed by atoms with Crippen LogP contribution in [0.5, 0.6) is 5.75 Å². The fourth-order valence-corrected chi connectivity index (χ4v) is 4.32. The Hall–Kier alpha value is -3.69. The number of hydrogen-bond acceptors (Lipinski definition) is 6. The number of sulfonamides is 1. The Morgan fingerprint density at radius 1 is 0.909 bits per heavy atom. The average Bonchev–Trinajstić information content (AvgIpc) is 2.84. The summed E-state index contributed by atoms with van der Waals surface area (Å²) < 4.78 is 37.0. The predicted molar refractivity (Wildman–Crippen MR) is 124 cm³/mol. The summed E-state index contributed by atoms with van der Waals surface area (Å²) in [5, 5.41) is 2.75.